The van der Waals surface area contributed by atoms with E-state index in [1.165, 1.54) is 0 Å². The van der Waals surface area contributed by atoms with E-state index in [9.17, 15) is 0 Å². The number of hydrogen-bond acceptors (Lipinski definition) is 4. The Hall–Kier alpha value is -2.63. The SMILES string of the molecule is CC(C)(C)C1=[N+]2C=CC=CC2N=N1.CC(C)(C)c1nnc2ccccn12. The van der Waals surface area contributed by atoms with Gasteiger partial charge in [0.25, 0.3) is 6.17 Å². The van der Waals surface area contributed by atoms with Gasteiger partial charge >= 0.3 is 5.84 Å². The van der Waals surface area contributed by atoms with Gasteiger partial charge in [-0.3, -0.25) is 4.40 Å². The number of fused-ring (bicyclic) bond motifs is 2. The van der Waals surface area contributed by atoms with Crippen LogP contribution < -0.4 is 0 Å². The molecular weight excluding hydrogens is 324 g/mol. The lowest BCUT2D eigenvalue weighted by Crippen LogP contribution is -2.28. The fraction of sp³-hybridized carbons (Fsp3) is 0.450. The van der Waals surface area contributed by atoms with Crippen LogP contribution in [0.15, 0.2) is 59.1 Å². The minimum Gasteiger partial charge on any atom is -0.286 e. The molecule has 6 heteroatoms. The van der Waals surface area contributed by atoms with E-state index in [2.05, 4.69) is 66.5 Å². The van der Waals surface area contributed by atoms with Crippen molar-refractivity contribution in [1.29, 1.82) is 0 Å². The smallest absolute Gasteiger partial charge is 0.286 e. The largest absolute Gasteiger partial charge is 0.333 e. The second-order valence-electron chi connectivity index (χ2n) is 8.54. The lowest BCUT2D eigenvalue weighted by molar-refractivity contribution is -0.484. The number of azo groups is 1. The first-order valence-corrected chi connectivity index (χ1v) is 8.90. The van der Waals surface area contributed by atoms with E-state index in [-0.39, 0.29) is 17.0 Å². The Morgan fingerprint density at radius 3 is 2.42 bits per heavy atom. The van der Waals surface area contributed by atoms with Gasteiger partial charge in [-0.1, -0.05) is 32.9 Å². The number of hydrogen-bond donors (Lipinski definition) is 0. The Bertz CT molecular complexity index is 916. The summed E-state index contributed by atoms with van der Waals surface area (Å²) in [7, 11) is 0. The quantitative estimate of drug-likeness (QED) is 0.663. The van der Waals surface area contributed by atoms with Crippen molar-refractivity contribution >= 4 is 11.5 Å². The van der Waals surface area contributed by atoms with Crippen LogP contribution in [0.5, 0.6) is 0 Å². The molecule has 1 atom stereocenters. The molecule has 6 nitrogen and oxygen atoms in total. The van der Waals surface area contributed by atoms with Crippen molar-refractivity contribution in [2.24, 2.45) is 15.6 Å². The van der Waals surface area contributed by atoms with E-state index in [4.69, 9.17) is 0 Å². The van der Waals surface area contributed by atoms with Crippen LogP contribution in [-0.2, 0) is 5.41 Å². The lowest BCUT2D eigenvalue weighted by atomic mass is 9.95. The molecule has 2 aromatic heterocycles. The summed E-state index contributed by atoms with van der Waals surface area (Å²) in [4.78, 5) is 0. The van der Waals surface area contributed by atoms with Gasteiger partial charge in [-0.05, 0) is 50.2 Å². The van der Waals surface area contributed by atoms with Gasteiger partial charge in [0.2, 0.25) is 0 Å². The van der Waals surface area contributed by atoms with Crippen LogP contribution in [0.2, 0.25) is 0 Å². The molecule has 0 bridgehead atoms. The summed E-state index contributed by atoms with van der Waals surface area (Å²) in [6, 6.07) is 5.92. The van der Waals surface area contributed by atoms with E-state index in [1.54, 1.807) is 0 Å². The Balaban J connectivity index is 0.000000151. The van der Waals surface area contributed by atoms with Crippen molar-refractivity contribution in [2.75, 3.05) is 0 Å². The van der Waals surface area contributed by atoms with Crippen molar-refractivity contribution in [3.63, 3.8) is 0 Å². The molecule has 26 heavy (non-hydrogen) atoms. The molecular formula is C20H27N6+. The highest BCUT2D eigenvalue weighted by molar-refractivity contribution is 5.84. The van der Waals surface area contributed by atoms with E-state index >= 15 is 0 Å². The van der Waals surface area contributed by atoms with Crippen molar-refractivity contribution < 1.29 is 4.58 Å². The Morgan fingerprint density at radius 2 is 1.73 bits per heavy atom. The fourth-order valence-corrected chi connectivity index (χ4v) is 2.83. The average Bonchev–Trinajstić information content (AvgIpc) is 3.19. The normalized spacial score (nSPS) is 18.9. The predicted molar refractivity (Wildman–Crippen MR) is 103 cm³/mol. The van der Waals surface area contributed by atoms with Crippen LogP contribution in [0.25, 0.3) is 5.65 Å². The van der Waals surface area contributed by atoms with Gasteiger partial charge in [0, 0.05) is 11.6 Å². The highest BCUT2D eigenvalue weighted by atomic mass is 15.4. The number of aromatic nitrogens is 3. The summed E-state index contributed by atoms with van der Waals surface area (Å²) in [5.41, 5.74) is 1.02. The van der Waals surface area contributed by atoms with Crippen molar-refractivity contribution in [3.8, 4) is 0 Å². The third kappa shape index (κ3) is 3.64. The van der Waals surface area contributed by atoms with Crippen LogP contribution in [0.3, 0.4) is 0 Å². The molecule has 4 heterocycles. The van der Waals surface area contributed by atoms with E-state index in [1.807, 2.05) is 53.2 Å². The monoisotopic (exact) mass is 351 g/mol. The molecule has 136 valence electrons. The highest BCUT2D eigenvalue weighted by Gasteiger charge is 2.37. The molecule has 0 aromatic carbocycles. The number of nitrogens with zero attached hydrogens (tertiary/aromatic N) is 6. The van der Waals surface area contributed by atoms with E-state index in [0.717, 1.165) is 17.3 Å². The number of allylic oxidation sites excluding steroid dienone is 2. The predicted octanol–water partition coefficient (Wildman–Crippen LogP) is 4.35. The molecule has 2 aromatic rings. The summed E-state index contributed by atoms with van der Waals surface area (Å²) >= 11 is 0. The van der Waals surface area contributed by atoms with Gasteiger partial charge in [0.1, 0.15) is 5.82 Å². The zero-order valence-corrected chi connectivity index (χ0v) is 16.4. The van der Waals surface area contributed by atoms with Crippen LogP contribution in [0, 0.1) is 5.41 Å². The number of rotatable bonds is 0. The van der Waals surface area contributed by atoms with Crippen LogP contribution in [-0.4, -0.2) is 31.2 Å². The van der Waals surface area contributed by atoms with Crippen LogP contribution >= 0.6 is 0 Å². The van der Waals surface area contributed by atoms with Crippen molar-refractivity contribution in [1.82, 2.24) is 14.6 Å². The first-order chi connectivity index (χ1) is 12.2. The fourth-order valence-electron chi connectivity index (χ4n) is 2.83. The molecule has 4 rings (SSSR count). The second kappa shape index (κ2) is 6.59. The van der Waals surface area contributed by atoms with Gasteiger partial charge < -0.3 is 0 Å². The zero-order chi connectivity index (χ0) is 18.9. The Kier molecular flexibility index (Phi) is 4.61. The molecule has 0 N–H and O–H groups in total. The van der Waals surface area contributed by atoms with Crippen molar-refractivity contribution in [3.05, 3.63) is 54.6 Å². The number of pyridine rings is 1. The van der Waals surface area contributed by atoms with Gasteiger partial charge in [-0.25, -0.2) is 4.58 Å². The standard InChI is InChI=1S/C10H14N3.C10H13N3/c2*1-10(2,3)9-12-11-8-6-4-5-7-13(8)9/h4-8H,1-3H3;4-7H,1-3H3/q+1;. The minimum absolute atomic E-state index is 0.0424. The zero-order valence-electron chi connectivity index (χ0n) is 16.4. The lowest BCUT2D eigenvalue weighted by Gasteiger charge is -2.15. The van der Waals surface area contributed by atoms with Gasteiger partial charge in [0.05, 0.1) is 16.7 Å². The van der Waals surface area contributed by atoms with Gasteiger partial charge in [-0.15, -0.1) is 10.2 Å². The molecule has 1 unspecified atom stereocenters. The second-order valence-corrected chi connectivity index (χ2v) is 8.54. The van der Waals surface area contributed by atoms with Crippen LogP contribution in [0.1, 0.15) is 47.4 Å². The number of amidine groups is 1. The molecule has 0 fully saturated rings. The van der Waals surface area contributed by atoms with Crippen LogP contribution in [0.4, 0.5) is 0 Å². The summed E-state index contributed by atoms with van der Waals surface area (Å²) in [6.45, 7) is 12.9. The molecule has 2 aliphatic heterocycles. The first kappa shape index (κ1) is 18.2. The van der Waals surface area contributed by atoms with Crippen molar-refractivity contribution in [2.45, 2.75) is 53.1 Å². The maximum absolute atomic E-state index is 4.22. The Labute approximate surface area is 154 Å². The summed E-state index contributed by atoms with van der Waals surface area (Å²) in [5.74, 6) is 2.04. The molecule has 0 radical (unpaired) electrons. The van der Waals surface area contributed by atoms with Gasteiger partial charge in [-0.2, -0.15) is 0 Å². The Morgan fingerprint density at radius 1 is 0.962 bits per heavy atom. The topological polar surface area (TPSA) is 57.9 Å². The molecule has 0 saturated heterocycles. The first-order valence-electron chi connectivity index (χ1n) is 8.90. The minimum atomic E-state index is 0.0424. The molecule has 0 spiro atoms. The highest BCUT2D eigenvalue weighted by Crippen LogP contribution is 2.24. The van der Waals surface area contributed by atoms with E-state index < -0.39 is 0 Å². The summed E-state index contributed by atoms with van der Waals surface area (Å²) in [5, 5.41) is 16.7. The maximum atomic E-state index is 4.22. The molecule has 0 amide bonds. The summed E-state index contributed by atoms with van der Waals surface area (Å²) in [6.07, 6.45) is 10.2. The third-order valence-electron chi connectivity index (χ3n) is 4.10. The maximum Gasteiger partial charge on any atom is 0.333 e. The van der Waals surface area contributed by atoms with E-state index in [0.29, 0.717) is 0 Å². The average molecular weight is 351 g/mol. The molecule has 0 saturated carbocycles. The van der Waals surface area contributed by atoms with Gasteiger partial charge in [0.15, 0.2) is 5.65 Å². The summed E-state index contributed by atoms with van der Waals surface area (Å²) < 4.78 is 4.14. The molecule has 0 aliphatic carbocycles. The third-order valence-corrected chi connectivity index (χ3v) is 4.10. The molecule has 2 aliphatic rings.